The molecule has 5 heteroatoms. The van der Waals surface area contributed by atoms with Crippen LogP contribution < -0.4 is 0 Å². The molecule has 1 heterocycles. The zero-order valence-corrected chi connectivity index (χ0v) is 17.0. The molecule has 0 fully saturated rings. The molecule has 0 radical (unpaired) electrons. The summed E-state index contributed by atoms with van der Waals surface area (Å²) in [4.78, 5) is 5.31. The predicted molar refractivity (Wildman–Crippen MR) is 112 cm³/mol. The summed E-state index contributed by atoms with van der Waals surface area (Å²) in [5.74, 6) is -0.192. The second-order valence-electron chi connectivity index (χ2n) is 6.83. The van der Waals surface area contributed by atoms with Gasteiger partial charge in [-0.3, -0.25) is 0 Å². The Hall–Kier alpha value is -1.78. The highest BCUT2D eigenvalue weighted by Gasteiger charge is 2.31. The Morgan fingerprint density at radius 2 is 1.89 bits per heavy atom. The Kier molecular flexibility index (Phi) is 6.97. The Morgan fingerprint density at radius 3 is 2.56 bits per heavy atom. The second kappa shape index (κ2) is 9.43. The van der Waals surface area contributed by atoms with Gasteiger partial charge in [-0.15, -0.1) is 11.8 Å². The van der Waals surface area contributed by atoms with Crippen molar-refractivity contribution in [3.8, 4) is 0 Å². The molecular weight excluding hydrogens is 379 g/mol. The van der Waals surface area contributed by atoms with Gasteiger partial charge in [0.2, 0.25) is 0 Å². The van der Waals surface area contributed by atoms with Gasteiger partial charge < -0.3 is 4.57 Å². The van der Waals surface area contributed by atoms with Crippen LogP contribution in [0, 0.1) is 5.82 Å². The summed E-state index contributed by atoms with van der Waals surface area (Å²) in [7, 11) is 0. The fourth-order valence-electron chi connectivity index (χ4n) is 3.37. The normalized spacial score (nSPS) is 13.4. The lowest BCUT2D eigenvalue weighted by molar-refractivity contribution is 0.429. The van der Waals surface area contributed by atoms with E-state index in [1.54, 1.807) is 0 Å². The number of aryl methyl sites for hydroxylation is 1. The highest BCUT2D eigenvalue weighted by molar-refractivity contribution is 8.00. The molecule has 0 bridgehead atoms. The molecule has 2 aromatic carbocycles. The summed E-state index contributed by atoms with van der Waals surface area (Å²) in [5.41, 5.74) is 1.15. The predicted octanol–water partition coefficient (Wildman–Crippen LogP) is 6.64. The third-order valence-corrected chi connectivity index (χ3v) is 6.67. The number of imidazole rings is 1. The maximum atomic E-state index is 13.2. The zero-order chi connectivity index (χ0) is 19.1. The summed E-state index contributed by atoms with van der Waals surface area (Å²) in [5, 5.41) is 0.787. The molecule has 0 amide bonds. The van der Waals surface area contributed by atoms with Crippen molar-refractivity contribution in [2.45, 2.75) is 48.8 Å². The zero-order valence-electron chi connectivity index (χ0n) is 15.4. The molecule has 1 unspecified atom stereocenters. The molecule has 0 aliphatic carbocycles. The minimum absolute atomic E-state index is 0.0190. The molecule has 3 rings (SSSR count). The number of nitrogens with zero attached hydrogens (tertiary/aromatic N) is 2. The summed E-state index contributed by atoms with van der Waals surface area (Å²) < 4.78 is 15.4. The standard InChI is InChI=1S/C22H24ClFN2S/c1-2-12-22(16-26-15-14-25-17-26,27-21-6-4-3-5-20(21)23)13-11-18-7-9-19(24)10-8-18/h3-10,14-15,17H,2,11-13,16H2,1H3. The number of hydrogen-bond donors (Lipinski definition) is 0. The van der Waals surface area contributed by atoms with Crippen molar-refractivity contribution in [3.05, 3.63) is 83.7 Å². The van der Waals surface area contributed by atoms with Crippen LogP contribution in [0.2, 0.25) is 5.02 Å². The van der Waals surface area contributed by atoms with E-state index in [1.165, 1.54) is 12.1 Å². The second-order valence-corrected chi connectivity index (χ2v) is 8.74. The minimum Gasteiger partial charge on any atom is -0.336 e. The van der Waals surface area contributed by atoms with Crippen LogP contribution in [0.1, 0.15) is 31.7 Å². The SMILES string of the molecule is CCCC(CCc1ccc(F)cc1)(Cn1ccnc1)Sc1ccccc1Cl. The number of rotatable bonds is 9. The first-order valence-electron chi connectivity index (χ1n) is 9.24. The van der Waals surface area contributed by atoms with Crippen LogP contribution in [-0.4, -0.2) is 14.3 Å². The van der Waals surface area contributed by atoms with E-state index in [9.17, 15) is 4.39 Å². The van der Waals surface area contributed by atoms with Crippen LogP contribution in [0.25, 0.3) is 0 Å². The van der Waals surface area contributed by atoms with Crippen molar-refractivity contribution < 1.29 is 4.39 Å². The lowest BCUT2D eigenvalue weighted by atomic mass is 9.94. The number of benzene rings is 2. The fourth-order valence-corrected chi connectivity index (χ4v) is 5.12. The number of thioether (sulfide) groups is 1. The van der Waals surface area contributed by atoms with E-state index in [-0.39, 0.29) is 10.6 Å². The van der Waals surface area contributed by atoms with Gasteiger partial charge in [-0.05, 0) is 49.1 Å². The maximum Gasteiger partial charge on any atom is 0.123 e. The van der Waals surface area contributed by atoms with Crippen LogP contribution in [0.5, 0.6) is 0 Å². The molecule has 0 N–H and O–H groups in total. The topological polar surface area (TPSA) is 17.8 Å². The van der Waals surface area contributed by atoms with E-state index in [2.05, 4.69) is 22.5 Å². The van der Waals surface area contributed by atoms with Crippen molar-refractivity contribution in [2.24, 2.45) is 0 Å². The molecule has 1 atom stereocenters. The van der Waals surface area contributed by atoms with Gasteiger partial charge in [0.15, 0.2) is 0 Å². The average Bonchev–Trinajstić information content (AvgIpc) is 3.16. The Morgan fingerprint density at radius 1 is 1.11 bits per heavy atom. The van der Waals surface area contributed by atoms with Gasteiger partial charge in [0, 0.05) is 28.6 Å². The molecule has 2 nitrogen and oxygen atoms in total. The van der Waals surface area contributed by atoms with Crippen molar-refractivity contribution in [3.63, 3.8) is 0 Å². The maximum absolute atomic E-state index is 13.2. The number of halogens is 2. The molecule has 3 aromatic rings. The van der Waals surface area contributed by atoms with E-state index < -0.39 is 0 Å². The van der Waals surface area contributed by atoms with E-state index >= 15 is 0 Å². The van der Waals surface area contributed by atoms with Gasteiger partial charge in [-0.1, -0.05) is 49.2 Å². The summed E-state index contributed by atoms with van der Waals surface area (Å²) >= 11 is 8.32. The molecule has 0 aliphatic heterocycles. The van der Waals surface area contributed by atoms with Crippen LogP contribution in [0.3, 0.4) is 0 Å². The molecule has 1 aromatic heterocycles. The fraction of sp³-hybridized carbons (Fsp3) is 0.318. The number of aromatic nitrogens is 2. The van der Waals surface area contributed by atoms with Crippen molar-refractivity contribution in [1.29, 1.82) is 0 Å². The van der Waals surface area contributed by atoms with Gasteiger partial charge in [0.1, 0.15) is 5.82 Å². The van der Waals surface area contributed by atoms with Gasteiger partial charge in [-0.25, -0.2) is 9.37 Å². The molecule has 0 aliphatic rings. The summed E-state index contributed by atoms with van der Waals surface area (Å²) in [6.07, 6.45) is 9.70. The van der Waals surface area contributed by atoms with Crippen molar-refractivity contribution in [2.75, 3.05) is 0 Å². The highest BCUT2D eigenvalue weighted by Crippen LogP contribution is 2.44. The van der Waals surface area contributed by atoms with E-state index in [0.29, 0.717) is 0 Å². The number of hydrogen-bond acceptors (Lipinski definition) is 2. The van der Waals surface area contributed by atoms with Crippen LogP contribution in [-0.2, 0) is 13.0 Å². The average molecular weight is 403 g/mol. The first kappa shape index (κ1) is 20.0. The van der Waals surface area contributed by atoms with Crippen molar-refractivity contribution in [1.82, 2.24) is 9.55 Å². The molecular formula is C22H24ClFN2S. The van der Waals surface area contributed by atoms with Gasteiger partial charge in [0.05, 0.1) is 11.3 Å². The molecule has 0 saturated heterocycles. The van der Waals surface area contributed by atoms with Crippen LogP contribution in [0.15, 0.2) is 72.1 Å². The van der Waals surface area contributed by atoms with E-state index in [4.69, 9.17) is 11.6 Å². The third kappa shape index (κ3) is 5.60. The Balaban J connectivity index is 1.87. The monoisotopic (exact) mass is 402 g/mol. The van der Waals surface area contributed by atoms with Crippen LogP contribution in [0.4, 0.5) is 4.39 Å². The van der Waals surface area contributed by atoms with Gasteiger partial charge in [0.25, 0.3) is 0 Å². The third-order valence-electron chi connectivity index (χ3n) is 4.68. The summed E-state index contributed by atoms with van der Waals surface area (Å²) in [6.45, 7) is 3.08. The molecule has 0 spiro atoms. The first-order valence-corrected chi connectivity index (χ1v) is 10.4. The van der Waals surface area contributed by atoms with Crippen molar-refractivity contribution >= 4 is 23.4 Å². The molecule has 27 heavy (non-hydrogen) atoms. The van der Waals surface area contributed by atoms with E-state index in [0.717, 1.165) is 47.7 Å². The minimum atomic E-state index is -0.192. The highest BCUT2D eigenvalue weighted by atomic mass is 35.5. The quantitative estimate of drug-likeness (QED) is 0.373. The lowest BCUT2D eigenvalue weighted by Gasteiger charge is -2.34. The lowest BCUT2D eigenvalue weighted by Crippen LogP contribution is -2.31. The van der Waals surface area contributed by atoms with Gasteiger partial charge >= 0.3 is 0 Å². The Bertz CT molecular complexity index is 836. The molecule has 0 saturated carbocycles. The van der Waals surface area contributed by atoms with Crippen LogP contribution >= 0.6 is 23.4 Å². The largest absolute Gasteiger partial charge is 0.336 e. The smallest absolute Gasteiger partial charge is 0.123 e. The van der Waals surface area contributed by atoms with E-state index in [1.807, 2.05) is 60.8 Å². The Labute approximate surface area is 169 Å². The summed E-state index contributed by atoms with van der Waals surface area (Å²) in [6, 6.07) is 14.8. The first-order chi connectivity index (χ1) is 13.1. The molecule has 142 valence electrons. The van der Waals surface area contributed by atoms with Gasteiger partial charge in [-0.2, -0.15) is 0 Å².